The zero-order valence-corrected chi connectivity index (χ0v) is 22.9. The topological polar surface area (TPSA) is 121 Å². The lowest BCUT2D eigenvalue weighted by molar-refractivity contribution is 0.0289. The van der Waals surface area contributed by atoms with Gasteiger partial charge >= 0.3 is 11.8 Å². The molecule has 3 aromatic heterocycles. The first kappa shape index (κ1) is 26.1. The van der Waals surface area contributed by atoms with Gasteiger partial charge in [0, 0.05) is 62.3 Å². The van der Waals surface area contributed by atoms with Crippen molar-refractivity contribution in [3.8, 4) is 11.1 Å². The number of amides is 1. The van der Waals surface area contributed by atoms with Crippen LogP contribution in [0, 0.1) is 0 Å². The van der Waals surface area contributed by atoms with E-state index in [0.717, 1.165) is 44.3 Å². The maximum Gasteiger partial charge on any atom is 0.410 e. The van der Waals surface area contributed by atoms with Crippen LogP contribution in [0.1, 0.15) is 38.9 Å². The molecule has 10 heteroatoms. The van der Waals surface area contributed by atoms with Crippen LogP contribution >= 0.6 is 0 Å². The Morgan fingerprint density at radius 1 is 1.15 bits per heavy atom. The molecule has 2 N–H and O–H groups in total. The number of pyridine rings is 2. The number of ether oxygens (including phenoxy) is 1. The van der Waals surface area contributed by atoms with Gasteiger partial charge < -0.3 is 15.4 Å². The fraction of sp³-hybridized carbons (Fsp3) is 0.345. The number of aryl methyl sites for hydroxylation is 1. The average Bonchev–Trinajstić information content (AvgIpc) is 3.49. The van der Waals surface area contributed by atoms with E-state index in [-0.39, 0.29) is 17.8 Å². The van der Waals surface area contributed by atoms with Crippen LogP contribution in [0.2, 0.25) is 0 Å². The van der Waals surface area contributed by atoms with Gasteiger partial charge in [0.25, 0.3) is 0 Å². The zero-order valence-electron chi connectivity index (χ0n) is 22.9. The van der Waals surface area contributed by atoms with E-state index in [1.165, 1.54) is 6.20 Å². The Bertz CT molecular complexity index is 1670. The normalized spacial score (nSPS) is 16.6. The molecule has 4 aromatic rings. The molecule has 0 saturated carbocycles. The number of rotatable bonds is 4. The third-order valence-corrected chi connectivity index (χ3v) is 6.94. The Kier molecular flexibility index (Phi) is 6.71. The van der Waals surface area contributed by atoms with Crippen molar-refractivity contribution >= 4 is 39.8 Å². The Balaban J connectivity index is 1.57. The first-order chi connectivity index (χ1) is 18.6. The van der Waals surface area contributed by atoms with E-state index in [2.05, 4.69) is 15.0 Å². The summed E-state index contributed by atoms with van der Waals surface area (Å²) in [7, 11) is 3.44. The highest BCUT2D eigenvalue weighted by atomic mass is 16.6. The number of aromatic nitrogens is 4. The number of carbonyl (C=O) groups is 1. The van der Waals surface area contributed by atoms with Crippen molar-refractivity contribution in [2.75, 3.05) is 20.1 Å². The molecule has 39 heavy (non-hydrogen) atoms. The van der Waals surface area contributed by atoms with E-state index in [4.69, 9.17) is 10.5 Å². The summed E-state index contributed by atoms with van der Waals surface area (Å²) in [4.78, 5) is 41.1. The summed E-state index contributed by atoms with van der Waals surface area (Å²) in [5, 5.41) is 0.864. The lowest BCUT2D eigenvalue weighted by atomic mass is 10.0. The third kappa shape index (κ3) is 4.89. The summed E-state index contributed by atoms with van der Waals surface area (Å²) in [6.45, 7) is 6.47. The Morgan fingerprint density at radius 2 is 1.92 bits per heavy atom. The Morgan fingerprint density at radius 3 is 2.59 bits per heavy atom. The van der Waals surface area contributed by atoms with E-state index < -0.39 is 5.60 Å². The summed E-state index contributed by atoms with van der Waals surface area (Å²) in [6.07, 6.45) is 6.98. The van der Waals surface area contributed by atoms with Gasteiger partial charge in [-0.25, -0.2) is 9.59 Å². The second-order valence-corrected chi connectivity index (χ2v) is 10.7. The molecule has 0 aliphatic carbocycles. The number of hydrogen-bond acceptors (Lipinski definition) is 7. The average molecular weight is 528 g/mol. The molecule has 1 unspecified atom stereocenters. The van der Waals surface area contributed by atoms with Gasteiger partial charge in [-0.3, -0.25) is 24.1 Å². The molecule has 1 aliphatic rings. The first-order valence-electron chi connectivity index (χ1n) is 12.9. The van der Waals surface area contributed by atoms with Crippen LogP contribution in [-0.4, -0.2) is 62.0 Å². The number of carbonyl (C=O) groups excluding carboxylic acids is 1. The van der Waals surface area contributed by atoms with Crippen LogP contribution in [0.5, 0.6) is 0 Å². The minimum Gasteiger partial charge on any atom is -0.444 e. The van der Waals surface area contributed by atoms with Gasteiger partial charge in [0.05, 0.1) is 34.5 Å². The molecule has 1 aliphatic heterocycles. The number of aliphatic imine (C=N–C) groups is 1. The van der Waals surface area contributed by atoms with Gasteiger partial charge in [-0.2, -0.15) is 0 Å². The lowest BCUT2D eigenvalue weighted by Gasteiger charge is -2.24. The molecule has 5 rings (SSSR count). The maximum absolute atomic E-state index is 13.5. The number of nitrogens with zero attached hydrogens (tertiary/aromatic N) is 6. The number of allylic oxidation sites excluding steroid dienone is 1. The van der Waals surface area contributed by atoms with Crippen LogP contribution < -0.4 is 11.4 Å². The Labute approximate surface area is 226 Å². The predicted molar refractivity (Wildman–Crippen MR) is 154 cm³/mol. The van der Waals surface area contributed by atoms with E-state index in [0.29, 0.717) is 19.5 Å². The molecular weight excluding hydrogens is 494 g/mol. The van der Waals surface area contributed by atoms with E-state index in [9.17, 15) is 9.59 Å². The number of fused-ring (bicyclic) bond motifs is 3. The number of hydrogen-bond donors (Lipinski definition) is 1. The quantitative estimate of drug-likeness (QED) is 0.399. The first-order valence-corrected chi connectivity index (χ1v) is 12.9. The molecule has 1 aromatic carbocycles. The molecule has 1 amide bonds. The van der Waals surface area contributed by atoms with Crippen molar-refractivity contribution in [3.63, 3.8) is 0 Å². The second kappa shape index (κ2) is 10.0. The van der Waals surface area contributed by atoms with Crippen molar-refractivity contribution in [3.05, 3.63) is 65.1 Å². The largest absolute Gasteiger partial charge is 0.444 e. The fourth-order valence-corrected chi connectivity index (χ4v) is 5.06. The van der Waals surface area contributed by atoms with Crippen LogP contribution in [0.3, 0.4) is 0 Å². The summed E-state index contributed by atoms with van der Waals surface area (Å²) in [6, 6.07) is 9.71. The van der Waals surface area contributed by atoms with E-state index >= 15 is 0 Å². The SMILES string of the molecule is CN=CC(=CN)c1ccc(-c2ccc3ncc4c(c3c2)n(C2CCN(C(=O)OC(C)(C)C)C2)c(=O)n4C)cn1. The van der Waals surface area contributed by atoms with Crippen LogP contribution in [0.15, 0.2) is 58.7 Å². The zero-order chi connectivity index (χ0) is 27.9. The van der Waals surface area contributed by atoms with Crippen molar-refractivity contribution in [1.82, 2.24) is 24.0 Å². The molecule has 10 nitrogen and oxygen atoms in total. The highest BCUT2D eigenvalue weighted by molar-refractivity contribution is 6.09. The summed E-state index contributed by atoms with van der Waals surface area (Å²) < 4.78 is 9.01. The van der Waals surface area contributed by atoms with Crippen molar-refractivity contribution in [2.45, 2.75) is 38.8 Å². The van der Waals surface area contributed by atoms with Gasteiger partial charge in [0.15, 0.2) is 0 Å². The molecule has 1 fully saturated rings. The molecule has 202 valence electrons. The number of likely N-dealkylation sites (tertiary alicyclic amines) is 1. The summed E-state index contributed by atoms with van der Waals surface area (Å²) in [5.41, 5.74) is 10.7. The standard InChI is InChI=1S/C29H33N7O3/c1-29(2,3)39-28(38)35-11-10-21(17-35)36-26-22-12-18(6-9-24(22)33-16-25(26)34(5)27(36)37)19-7-8-23(32-15-19)20(13-30)14-31-4/h6-9,12-16,21H,10-11,17,30H2,1-5H3. The fourth-order valence-electron chi connectivity index (χ4n) is 5.06. The second-order valence-electron chi connectivity index (χ2n) is 10.7. The highest BCUT2D eigenvalue weighted by Gasteiger charge is 2.33. The summed E-state index contributed by atoms with van der Waals surface area (Å²) >= 11 is 0. The highest BCUT2D eigenvalue weighted by Crippen LogP contribution is 2.32. The van der Waals surface area contributed by atoms with Crippen LogP contribution in [0.4, 0.5) is 4.79 Å². The van der Waals surface area contributed by atoms with Gasteiger partial charge in [-0.15, -0.1) is 0 Å². The monoisotopic (exact) mass is 527 g/mol. The Hall–Kier alpha value is -4.47. The van der Waals surface area contributed by atoms with E-state index in [1.807, 2.05) is 55.7 Å². The van der Waals surface area contributed by atoms with E-state index in [1.54, 1.807) is 42.2 Å². The minimum absolute atomic E-state index is 0.134. The number of imidazole rings is 1. The lowest BCUT2D eigenvalue weighted by Crippen LogP contribution is -2.36. The predicted octanol–water partition coefficient (Wildman–Crippen LogP) is 4.13. The van der Waals surface area contributed by atoms with Crippen molar-refractivity contribution < 1.29 is 9.53 Å². The molecule has 4 heterocycles. The number of nitrogens with two attached hydrogens (primary N) is 1. The van der Waals surface area contributed by atoms with Crippen LogP contribution in [-0.2, 0) is 11.8 Å². The number of benzene rings is 1. The van der Waals surface area contributed by atoms with Crippen LogP contribution in [0.25, 0.3) is 38.6 Å². The van der Waals surface area contributed by atoms with Gasteiger partial charge in [-0.05, 0) is 51.0 Å². The third-order valence-electron chi connectivity index (χ3n) is 6.94. The van der Waals surface area contributed by atoms with Gasteiger partial charge in [-0.1, -0.05) is 12.1 Å². The molecule has 0 spiro atoms. The van der Waals surface area contributed by atoms with Gasteiger partial charge in [0.1, 0.15) is 5.60 Å². The molecule has 1 saturated heterocycles. The molecule has 0 radical (unpaired) electrons. The maximum atomic E-state index is 13.5. The van der Waals surface area contributed by atoms with Gasteiger partial charge in [0.2, 0.25) is 0 Å². The molecule has 0 bridgehead atoms. The molecular formula is C29H33N7O3. The van der Waals surface area contributed by atoms with Crippen molar-refractivity contribution in [2.24, 2.45) is 17.8 Å². The minimum atomic E-state index is -0.581. The van der Waals surface area contributed by atoms with Crippen molar-refractivity contribution in [1.29, 1.82) is 0 Å². The summed E-state index contributed by atoms with van der Waals surface area (Å²) in [5.74, 6) is 0. The molecule has 1 atom stereocenters. The smallest absolute Gasteiger partial charge is 0.410 e.